The number of fused-ring (bicyclic) bond motifs is 1. The van der Waals surface area contributed by atoms with Crippen LogP contribution in [0.25, 0.3) is 0 Å². The zero-order valence-electron chi connectivity index (χ0n) is 16.8. The largest absolute Gasteiger partial charge is 0.385 e. The van der Waals surface area contributed by atoms with Crippen molar-refractivity contribution in [2.75, 3.05) is 13.7 Å². The summed E-state index contributed by atoms with van der Waals surface area (Å²) in [6, 6.07) is 8.41. The molecule has 1 aromatic rings. The molecule has 0 saturated carbocycles. The summed E-state index contributed by atoms with van der Waals surface area (Å²) in [5.74, 6) is 0.884. The zero-order valence-corrected chi connectivity index (χ0v) is 16.8. The van der Waals surface area contributed by atoms with Gasteiger partial charge in [0, 0.05) is 31.4 Å². The summed E-state index contributed by atoms with van der Waals surface area (Å²) in [5, 5.41) is 15.0. The summed E-state index contributed by atoms with van der Waals surface area (Å²) in [7, 11) is 1.75. The second kappa shape index (κ2) is 12.7. The van der Waals surface area contributed by atoms with Crippen molar-refractivity contribution in [3.05, 3.63) is 35.4 Å². The van der Waals surface area contributed by atoms with E-state index in [1.807, 2.05) is 6.07 Å². The van der Waals surface area contributed by atoms with Crippen molar-refractivity contribution in [1.82, 2.24) is 0 Å². The first-order valence-corrected chi connectivity index (χ1v) is 9.42. The summed E-state index contributed by atoms with van der Waals surface area (Å²) < 4.78 is 5.17. The predicted molar refractivity (Wildman–Crippen MR) is 107 cm³/mol. The van der Waals surface area contributed by atoms with Gasteiger partial charge in [0.2, 0.25) is 0 Å². The Morgan fingerprint density at radius 2 is 1.80 bits per heavy atom. The molecule has 0 radical (unpaired) electrons. The van der Waals surface area contributed by atoms with E-state index in [2.05, 4.69) is 52.5 Å². The van der Waals surface area contributed by atoms with Gasteiger partial charge in [-0.15, -0.1) is 0 Å². The van der Waals surface area contributed by atoms with Crippen LogP contribution >= 0.6 is 0 Å². The van der Waals surface area contributed by atoms with Crippen LogP contribution in [0.5, 0.6) is 0 Å². The molecule has 0 aliphatic heterocycles. The maximum Gasteiger partial charge on any atom is 0.0462 e. The molecule has 3 nitrogen and oxygen atoms in total. The number of rotatable bonds is 7. The molecule has 140 valence electrons. The highest BCUT2D eigenvalue weighted by molar-refractivity contribution is 6.06. The highest BCUT2D eigenvalue weighted by Gasteiger charge is 2.40. The summed E-state index contributed by atoms with van der Waals surface area (Å²) >= 11 is 0. The summed E-state index contributed by atoms with van der Waals surface area (Å²) in [6.07, 6.45) is 6.72. The average Bonchev–Trinajstić information content (AvgIpc) is 2.90. The lowest BCUT2D eigenvalue weighted by Crippen LogP contribution is -2.28. The fraction of sp³-hybridized carbons (Fsp3) is 0.636. The maximum atomic E-state index is 8.53. The molecule has 0 aromatic heterocycles. The van der Waals surface area contributed by atoms with E-state index in [9.17, 15) is 0 Å². The number of ether oxygens (including phenoxy) is 1. The van der Waals surface area contributed by atoms with E-state index in [4.69, 9.17) is 15.4 Å². The lowest BCUT2D eigenvalue weighted by molar-refractivity contribution is 0.179. The Morgan fingerprint density at radius 3 is 2.28 bits per heavy atom. The predicted octanol–water partition coefficient (Wildman–Crippen LogP) is 6.02. The quantitative estimate of drug-likeness (QED) is 0.615. The second-order valence-corrected chi connectivity index (χ2v) is 7.14. The minimum absolute atomic E-state index is 0.0664. The van der Waals surface area contributed by atoms with Gasteiger partial charge >= 0.3 is 0 Å². The molecule has 0 heterocycles. The minimum atomic E-state index is 0.0664. The van der Waals surface area contributed by atoms with Crippen molar-refractivity contribution in [2.24, 2.45) is 11.3 Å². The molecular formula is C22H36N2O. The molecule has 3 heteroatoms. The Hall–Kier alpha value is -1.66. The first-order chi connectivity index (χ1) is 12.0. The average molecular weight is 345 g/mol. The van der Waals surface area contributed by atoms with Crippen molar-refractivity contribution in [3.8, 4) is 6.57 Å². The monoisotopic (exact) mass is 344 g/mol. The molecule has 1 aromatic carbocycles. The van der Waals surface area contributed by atoms with Crippen LogP contribution in [0.4, 0.5) is 0 Å². The van der Waals surface area contributed by atoms with E-state index in [0.29, 0.717) is 0 Å². The molecule has 0 fully saturated rings. The fourth-order valence-electron chi connectivity index (χ4n) is 3.24. The molecule has 25 heavy (non-hydrogen) atoms. The Labute approximate surface area is 154 Å². The van der Waals surface area contributed by atoms with Crippen molar-refractivity contribution >= 4 is 5.71 Å². The van der Waals surface area contributed by atoms with Gasteiger partial charge in [0.15, 0.2) is 0 Å². The smallest absolute Gasteiger partial charge is 0.0462 e. The molecule has 0 bridgehead atoms. The van der Waals surface area contributed by atoms with Crippen LogP contribution in [0.15, 0.2) is 24.3 Å². The van der Waals surface area contributed by atoms with Gasteiger partial charge < -0.3 is 10.1 Å². The normalized spacial score (nSPS) is 18.0. The molecule has 1 atom stereocenters. The SMILES string of the molecule is C#N.CCC(C)C.CCC[C@@]1(CCCOC)Cc2ccccc2C1=N. The first-order valence-electron chi connectivity index (χ1n) is 9.42. The topological polar surface area (TPSA) is 56.9 Å². The molecule has 0 unspecified atom stereocenters. The number of benzene rings is 1. The Bertz CT molecular complexity index is 522. The molecule has 1 aliphatic rings. The van der Waals surface area contributed by atoms with Gasteiger partial charge in [-0.2, -0.15) is 0 Å². The Kier molecular flexibility index (Phi) is 11.8. The molecule has 1 N–H and O–H groups in total. The molecule has 0 saturated heterocycles. The molecule has 2 rings (SSSR count). The molecule has 0 spiro atoms. The van der Waals surface area contributed by atoms with Gasteiger partial charge in [0.1, 0.15) is 0 Å². The lowest BCUT2D eigenvalue weighted by Gasteiger charge is -2.29. The first kappa shape index (κ1) is 23.3. The van der Waals surface area contributed by atoms with E-state index < -0.39 is 0 Å². The highest BCUT2D eigenvalue weighted by Crippen LogP contribution is 2.43. The van der Waals surface area contributed by atoms with E-state index in [1.54, 1.807) is 7.11 Å². The van der Waals surface area contributed by atoms with Gasteiger partial charge in [-0.1, -0.05) is 64.8 Å². The van der Waals surface area contributed by atoms with Crippen molar-refractivity contribution < 1.29 is 4.74 Å². The molecule has 0 amide bonds. The summed E-state index contributed by atoms with van der Waals surface area (Å²) in [4.78, 5) is 0. The number of nitriles is 1. The van der Waals surface area contributed by atoms with Gasteiger partial charge in [-0.3, -0.25) is 0 Å². The van der Waals surface area contributed by atoms with E-state index in [-0.39, 0.29) is 5.41 Å². The van der Waals surface area contributed by atoms with Crippen LogP contribution in [0.1, 0.15) is 70.9 Å². The number of methoxy groups -OCH3 is 1. The van der Waals surface area contributed by atoms with Gasteiger partial charge in [-0.25, -0.2) is 5.26 Å². The van der Waals surface area contributed by atoms with Crippen molar-refractivity contribution in [2.45, 2.75) is 66.2 Å². The van der Waals surface area contributed by atoms with Crippen LogP contribution < -0.4 is 0 Å². The standard InChI is InChI=1S/C16H23NO.C5H12.CHN/c1-3-9-16(10-6-11-18-2)12-13-7-4-5-8-14(13)15(16)17;1-4-5(2)3;1-2/h4-5,7-8,17H,3,6,9-12H2,1-2H3;5H,4H2,1-3H3;1H/t16-;;/m1../s1. The van der Waals surface area contributed by atoms with Crippen molar-refractivity contribution in [1.29, 1.82) is 10.7 Å². The number of nitrogens with one attached hydrogen (secondary N) is 1. The van der Waals surface area contributed by atoms with Gasteiger partial charge in [-0.05, 0) is 42.7 Å². The van der Waals surface area contributed by atoms with Crippen LogP contribution in [0, 0.1) is 28.6 Å². The molecular weight excluding hydrogens is 308 g/mol. The van der Waals surface area contributed by atoms with Crippen LogP contribution in [0.2, 0.25) is 0 Å². The van der Waals surface area contributed by atoms with Crippen LogP contribution in [-0.4, -0.2) is 19.4 Å². The Balaban J connectivity index is 0.000000710. The van der Waals surface area contributed by atoms with E-state index in [1.165, 1.54) is 17.5 Å². The third-order valence-corrected chi connectivity index (χ3v) is 4.89. The zero-order chi connectivity index (χ0) is 19.3. The fourth-order valence-corrected chi connectivity index (χ4v) is 3.24. The van der Waals surface area contributed by atoms with Gasteiger partial charge in [0.05, 0.1) is 0 Å². The number of hydrogen-bond donors (Lipinski definition) is 1. The van der Waals surface area contributed by atoms with Gasteiger partial charge in [0.25, 0.3) is 0 Å². The summed E-state index contributed by atoms with van der Waals surface area (Å²) in [6.45, 7) is 13.2. The third kappa shape index (κ3) is 7.00. The number of nitrogens with zero attached hydrogens (tertiary/aromatic N) is 1. The Morgan fingerprint density at radius 1 is 1.20 bits per heavy atom. The van der Waals surface area contributed by atoms with E-state index >= 15 is 0 Å². The maximum absolute atomic E-state index is 8.53. The van der Waals surface area contributed by atoms with Crippen LogP contribution in [-0.2, 0) is 11.2 Å². The van der Waals surface area contributed by atoms with Crippen molar-refractivity contribution in [3.63, 3.8) is 0 Å². The van der Waals surface area contributed by atoms with E-state index in [0.717, 1.165) is 50.3 Å². The molecule has 1 aliphatic carbocycles. The highest BCUT2D eigenvalue weighted by atomic mass is 16.5. The van der Waals surface area contributed by atoms with Crippen LogP contribution in [0.3, 0.4) is 0 Å². The lowest BCUT2D eigenvalue weighted by atomic mass is 9.75. The third-order valence-electron chi connectivity index (χ3n) is 4.89. The summed E-state index contributed by atoms with van der Waals surface area (Å²) in [5.41, 5.74) is 3.45. The minimum Gasteiger partial charge on any atom is -0.385 e. The number of hydrogen-bond acceptors (Lipinski definition) is 3. The second-order valence-electron chi connectivity index (χ2n) is 7.14.